The standard InChI is InChI=1S/C12H17F2NO2/c1-3-5-7-15-8-6-10(11(16)17-4-2)12(13,14)9-15/h1,10H,4-9H2,2H3. The van der Waals surface area contributed by atoms with Crippen LogP contribution < -0.4 is 0 Å². The molecule has 3 nitrogen and oxygen atoms in total. The second kappa shape index (κ2) is 5.97. The van der Waals surface area contributed by atoms with Gasteiger partial charge in [0.1, 0.15) is 5.92 Å². The molecule has 0 aromatic rings. The minimum Gasteiger partial charge on any atom is -0.466 e. The van der Waals surface area contributed by atoms with Crippen molar-refractivity contribution in [1.29, 1.82) is 0 Å². The van der Waals surface area contributed by atoms with Gasteiger partial charge in [-0.2, -0.15) is 0 Å². The molecule has 0 radical (unpaired) electrons. The summed E-state index contributed by atoms with van der Waals surface area (Å²) in [6.45, 7) is 2.23. The minimum absolute atomic E-state index is 0.121. The predicted molar refractivity (Wildman–Crippen MR) is 59.6 cm³/mol. The zero-order valence-corrected chi connectivity index (χ0v) is 9.92. The molecule has 1 atom stereocenters. The van der Waals surface area contributed by atoms with Gasteiger partial charge in [0.15, 0.2) is 0 Å². The van der Waals surface area contributed by atoms with Gasteiger partial charge in [-0.15, -0.1) is 12.3 Å². The van der Waals surface area contributed by atoms with E-state index in [4.69, 9.17) is 6.42 Å². The second-order valence-corrected chi connectivity index (χ2v) is 4.08. The molecule has 1 saturated heterocycles. The summed E-state index contributed by atoms with van der Waals surface area (Å²) in [6, 6.07) is 0. The Morgan fingerprint density at radius 2 is 2.35 bits per heavy atom. The van der Waals surface area contributed by atoms with E-state index in [0.29, 0.717) is 19.5 Å². The Bertz CT molecular complexity index is 312. The topological polar surface area (TPSA) is 29.5 Å². The third-order valence-corrected chi connectivity index (χ3v) is 2.82. The van der Waals surface area contributed by atoms with Gasteiger partial charge in [0.05, 0.1) is 13.2 Å². The zero-order chi connectivity index (χ0) is 12.9. The second-order valence-electron chi connectivity index (χ2n) is 4.08. The van der Waals surface area contributed by atoms with Gasteiger partial charge in [-0.25, -0.2) is 8.78 Å². The first-order valence-electron chi connectivity index (χ1n) is 5.71. The largest absolute Gasteiger partial charge is 0.466 e. The predicted octanol–water partition coefficient (Wildman–Crippen LogP) is 1.53. The molecule has 1 unspecified atom stereocenters. The summed E-state index contributed by atoms with van der Waals surface area (Å²) in [6.07, 6.45) is 5.66. The number of hydrogen-bond acceptors (Lipinski definition) is 3. The van der Waals surface area contributed by atoms with Crippen LogP contribution in [0.25, 0.3) is 0 Å². The minimum atomic E-state index is -3.03. The number of carbonyl (C=O) groups is 1. The van der Waals surface area contributed by atoms with Crippen molar-refractivity contribution < 1.29 is 18.3 Å². The number of halogens is 2. The van der Waals surface area contributed by atoms with Gasteiger partial charge >= 0.3 is 5.97 Å². The smallest absolute Gasteiger partial charge is 0.315 e. The third-order valence-electron chi connectivity index (χ3n) is 2.82. The van der Waals surface area contributed by atoms with E-state index in [2.05, 4.69) is 10.7 Å². The molecule has 17 heavy (non-hydrogen) atoms. The number of esters is 1. The molecule has 0 aliphatic carbocycles. The lowest BCUT2D eigenvalue weighted by Gasteiger charge is -2.36. The molecule has 1 aliphatic heterocycles. The average Bonchev–Trinajstić information content (AvgIpc) is 2.25. The fourth-order valence-corrected chi connectivity index (χ4v) is 1.96. The van der Waals surface area contributed by atoms with Gasteiger partial charge in [-0.1, -0.05) is 0 Å². The molecule has 0 N–H and O–H groups in total. The molecule has 0 bridgehead atoms. The van der Waals surface area contributed by atoms with Crippen LogP contribution >= 0.6 is 0 Å². The number of carbonyl (C=O) groups excluding carboxylic acids is 1. The molecule has 96 valence electrons. The van der Waals surface area contributed by atoms with Crippen LogP contribution in [0.4, 0.5) is 8.78 Å². The van der Waals surface area contributed by atoms with E-state index in [1.54, 1.807) is 11.8 Å². The lowest BCUT2D eigenvalue weighted by Crippen LogP contribution is -2.51. The Labute approximate surface area is 100 Å². The first-order chi connectivity index (χ1) is 8.01. The molecular weight excluding hydrogens is 228 g/mol. The van der Waals surface area contributed by atoms with E-state index < -0.39 is 24.4 Å². The Kier molecular flexibility index (Phi) is 4.88. The van der Waals surface area contributed by atoms with Crippen LogP contribution in [0, 0.1) is 18.3 Å². The number of hydrogen-bond donors (Lipinski definition) is 0. The molecular formula is C12H17F2NO2. The first kappa shape index (κ1) is 13.9. The maximum Gasteiger partial charge on any atom is 0.315 e. The normalized spacial score (nSPS) is 24.0. The lowest BCUT2D eigenvalue weighted by atomic mass is 9.93. The van der Waals surface area contributed by atoms with Crippen LogP contribution in [-0.2, 0) is 9.53 Å². The Hall–Kier alpha value is -1.15. The third kappa shape index (κ3) is 3.67. The molecule has 0 saturated carbocycles. The van der Waals surface area contributed by atoms with E-state index in [-0.39, 0.29) is 13.0 Å². The highest BCUT2D eigenvalue weighted by Gasteiger charge is 2.49. The number of likely N-dealkylation sites (tertiary alicyclic amines) is 1. The van der Waals surface area contributed by atoms with Crippen molar-refractivity contribution in [3.8, 4) is 12.3 Å². The summed E-state index contributed by atoms with van der Waals surface area (Å²) in [5.41, 5.74) is 0. The van der Waals surface area contributed by atoms with E-state index in [1.807, 2.05) is 0 Å². The molecule has 0 amide bonds. The molecule has 1 fully saturated rings. The number of rotatable bonds is 4. The van der Waals surface area contributed by atoms with Crippen LogP contribution in [0.1, 0.15) is 19.8 Å². The Morgan fingerprint density at radius 1 is 1.65 bits per heavy atom. The fraction of sp³-hybridized carbons (Fsp3) is 0.750. The Balaban J connectivity index is 2.57. The first-order valence-corrected chi connectivity index (χ1v) is 5.71. The summed E-state index contributed by atoms with van der Waals surface area (Å²) in [4.78, 5) is 13.0. The van der Waals surface area contributed by atoms with Gasteiger partial charge in [0.25, 0.3) is 5.92 Å². The van der Waals surface area contributed by atoms with Crippen LogP contribution in [0.5, 0.6) is 0 Å². The van der Waals surface area contributed by atoms with E-state index in [0.717, 1.165) is 0 Å². The molecule has 5 heteroatoms. The monoisotopic (exact) mass is 245 g/mol. The van der Waals surface area contributed by atoms with Crippen molar-refractivity contribution in [2.45, 2.75) is 25.7 Å². The summed E-state index contributed by atoms with van der Waals surface area (Å²) in [5.74, 6) is -2.72. The van der Waals surface area contributed by atoms with Gasteiger partial charge in [-0.3, -0.25) is 9.69 Å². The maximum atomic E-state index is 13.7. The zero-order valence-electron chi connectivity index (χ0n) is 9.92. The van der Waals surface area contributed by atoms with Crippen molar-refractivity contribution in [3.05, 3.63) is 0 Å². The van der Waals surface area contributed by atoms with Gasteiger partial charge in [-0.05, 0) is 19.9 Å². The highest BCUT2D eigenvalue weighted by Crippen LogP contribution is 2.33. The number of nitrogens with zero attached hydrogens (tertiary/aromatic N) is 1. The van der Waals surface area contributed by atoms with Crippen LogP contribution in [0.15, 0.2) is 0 Å². The molecule has 1 heterocycles. The van der Waals surface area contributed by atoms with Crippen molar-refractivity contribution in [2.24, 2.45) is 5.92 Å². The highest BCUT2D eigenvalue weighted by molar-refractivity contribution is 5.73. The molecule has 1 rings (SSSR count). The van der Waals surface area contributed by atoms with Crippen LogP contribution in [0.2, 0.25) is 0 Å². The van der Waals surface area contributed by atoms with E-state index in [9.17, 15) is 13.6 Å². The van der Waals surface area contributed by atoms with Crippen LogP contribution in [-0.4, -0.2) is 43.0 Å². The highest BCUT2D eigenvalue weighted by atomic mass is 19.3. The van der Waals surface area contributed by atoms with Gasteiger partial charge in [0.2, 0.25) is 0 Å². The van der Waals surface area contributed by atoms with E-state index >= 15 is 0 Å². The average molecular weight is 245 g/mol. The van der Waals surface area contributed by atoms with Gasteiger partial charge in [0, 0.05) is 13.0 Å². The number of piperidine rings is 1. The SMILES string of the molecule is C#CCCN1CCC(C(=O)OCC)C(F)(F)C1. The molecule has 0 aromatic heterocycles. The van der Waals surface area contributed by atoms with E-state index in [1.165, 1.54) is 0 Å². The van der Waals surface area contributed by atoms with Crippen molar-refractivity contribution in [1.82, 2.24) is 4.90 Å². The summed E-state index contributed by atoms with van der Waals surface area (Å²) in [5, 5.41) is 0. The number of alkyl halides is 2. The molecule has 1 aliphatic rings. The summed E-state index contributed by atoms with van der Waals surface area (Å²) < 4.78 is 32.1. The molecule has 0 aromatic carbocycles. The summed E-state index contributed by atoms with van der Waals surface area (Å²) in [7, 11) is 0. The Morgan fingerprint density at radius 3 is 2.88 bits per heavy atom. The van der Waals surface area contributed by atoms with Crippen molar-refractivity contribution in [3.63, 3.8) is 0 Å². The van der Waals surface area contributed by atoms with Gasteiger partial charge < -0.3 is 4.74 Å². The number of terminal acetylenes is 1. The number of ether oxygens (including phenoxy) is 1. The lowest BCUT2D eigenvalue weighted by molar-refractivity contribution is -0.172. The summed E-state index contributed by atoms with van der Waals surface area (Å²) >= 11 is 0. The van der Waals surface area contributed by atoms with Crippen LogP contribution in [0.3, 0.4) is 0 Å². The van der Waals surface area contributed by atoms with Crippen molar-refractivity contribution in [2.75, 3.05) is 26.2 Å². The molecule has 0 spiro atoms. The maximum absolute atomic E-state index is 13.7. The van der Waals surface area contributed by atoms with Crippen molar-refractivity contribution >= 4 is 5.97 Å². The fourth-order valence-electron chi connectivity index (χ4n) is 1.96. The quantitative estimate of drug-likeness (QED) is 0.555.